The Kier molecular flexibility index (Phi) is 5.14. The topological polar surface area (TPSA) is 49.8 Å². The van der Waals surface area contributed by atoms with E-state index in [1.165, 1.54) is 12.1 Å². The number of aryl methyl sites for hydroxylation is 1. The number of aromatic carboxylic acids is 1. The van der Waals surface area contributed by atoms with Crippen LogP contribution in [-0.4, -0.2) is 37.4 Å². The number of hydrogen-bond donors (Lipinski definition) is 1. The molecule has 1 aliphatic rings. The molecule has 0 amide bonds. The lowest BCUT2D eigenvalue weighted by Gasteiger charge is -2.32. The first-order valence-corrected chi connectivity index (χ1v) is 8.19. The Bertz CT molecular complexity index is 793. The van der Waals surface area contributed by atoms with Crippen LogP contribution in [-0.2, 0) is 4.74 Å². The van der Waals surface area contributed by atoms with Crippen molar-refractivity contribution in [2.75, 3.05) is 31.2 Å². The Morgan fingerprint density at radius 2 is 1.80 bits per heavy atom. The fourth-order valence-corrected chi connectivity index (χ4v) is 3.03. The van der Waals surface area contributed by atoms with Gasteiger partial charge in [-0.2, -0.15) is 0 Å². The molecule has 130 valence electrons. The molecule has 3 rings (SSSR count). The quantitative estimate of drug-likeness (QED) is 0.859. The second-order valence-electron chi connectivity index (χ2n) is 5.98. The van der Waals surface area contributed by atoms with Crippen molar-refractivity contribution in [2.45, 2.75) is 6.92 Å². The number of anilines is 1. The van der Waals surface area contributed by atoms with Crippen molar-refractivity contribution in [2.24, 2.45) is 0 Å². The van der Waals surface area contributed by atoms with Gasteiger partial charge in [0.2, 0.25) is 0 Å². The van der Waals surface area contributed by atoms with Crippen LogP contribution in [0.1, 0.15) is 27.0 Å². The van der Waals surface area contributed by atoms with E-state index in [1.807, 2.05) is 19.1 Å². The Labute approximate surface area is 146 Å². The van der Waals surface area contributed by atoms with Crippen molar-refractivity contribution < 1.29 is 19.0 Å². The SMILES string of the molecule is Cc1ccc(C(=O)O)c(C=Cc2ccc(F)cc2)c1N1CCOCC1. The lowest BCUT2D eigenvalue weighted by molar-refractivity contribution is 0.0696. The first-order valence-electron chi connectivity index (χ1n) is 8.19. The summed E-state index contributed by atoms with van der Waals surface area (Å²) >= 11 is 0. The van der Waals surface area contributed by atoms with Crippen LogP contribution >= 0.6 is 0 Å². The molecule has 0 unspecified atom stereocenters. The van der Waals surface area contributed by atoms with E-state index >= 15 is 0 Å². The number of carbonyl (C=O) groups is 1. The summed E-state index contributed by atoms with van der Waals surface area (Å²) in [5.41, 5.74) is 3.67. The van der Waals surface area contributed by atoms with Crippen LogP contribution in [0, 0.1) is 12.7 Å². The van der Waals surface area contributed by atoms with Gasteiger partial charge in [0.25, 0.3) is 0 Å². The molecule has 2 aromatic carbocycles. The van der Waals surface area contributed by atoms with E-state index in [-0.39, 0.29) is 11.4 Å². The fraction of sp³-hybridized carbons (Fsp3) is 0.250. The first kappa shape index (κ1) is 17.2. The highest BCUT2D eigenvalue weighted by molar-refractivity contribution is 5.97. The maximum absolute atomic E-state index is 13.1. The van der Waals surface area contributed by atoms with E-state index in [0.717, 1.165) is 29.9 Å². The summed E-state index contributed by atoms with van der Waals surface area (Å²) in [6.45, 7) is 4.67. The molecule has 0 aliphatic carbocycles. The molecule has 1 saturated heterocycles. The number of rotatable bonds is 4. The number of morpholine rings is 1. The van der Waals surface area contributed by atoms with Gasteiger partial charge >= 0.3 is 5.97 Å². The van der Waals surface area contributed by atoms with Crippen molar-refractivity contribution >= 4 is 23.8 Å². The number of ether oxygens (including phenoxy) is 1. The summed E-state index contributed by atoms with van der Waals surface area (Å²) in [5.74, 6) is -1.26. The van der Waals surface area contributed by atoms with E-state index in [9.17, 15) is 14.3 Å². The summed E-state index contributed by atoms with van der Waals surface area (Å²) in [4.78, 5) is 13.9. The third-order valence-electron chi connectivity index (χ3n) is 4.29. The smallest absolute Gasteiger partial charge is 0.336 e. The molecule has 0 radical (unpaired) electrons. The molecular weight excluding hydrogens is 321 g/mol. The Morgan fingerprint density at radius 1 is 1.12 bits per heavy atom. The van der Waals surface area contributed by atoms with Crippen LogP contribution in [0.5, 0.6) is 0 Å². The highest BCUT2D eigenvalue weighted by atomic mass is 19.1. The van der Waals surface area contributed by atoms with Crippen LogP contribution in [0.25, 0.3) is 12.2 Å². The number of nitrogens with zero attached hydrogens (tertiary/aromatic N) is 1. The molecule has 1 N–H and O–H groups in total. The van der Waals surface area contributed by atoms with Crippen molar-refractivity contribution in [3.05, 3.63) is 64.5 Å². The van der Waals surface area contributed by atoms with Gasteiger partial charge in [-0.3, -0.25) is 0 Å². The zero-order valence-electron chi connectivity index (χ0n) is 14.0. The van der Waals surface area contributed by atoms with Gasteiger partial charge in [0.1, 0.15) is 5.82 Å². The normalized spacial score (nSPS) is 14.9. The van der Waals surface area contributed by atoms with Gasteiger partial charge in [0.15, 0.2) is 0 Å². The number of benzene rings is 2. The lowest BCUT2D eigenvalue weighted by Crippen LogP contribution is -2.37. The van der Waals surface area contributed by atoms with Gasteiger partial charge in [-0.15, -0.1) is 0 Å². The summed E-state index contributed by atoms with van der Waals surface area (Å²) < 4.78 is 18.5. The van der Waals surface area contributed by atoms with E-state index in [4.69, 9.17) is 4.74 Å². The van der Waals surface area contributed by atoms with Crippen LogP contribution in [0.15, 0.2) is 36.4 Å². The molecule has 4 nitrogen and oxygen atoms in total. The molecule has 1 heterocycles. The number of halogens is 1. The van der Waals surface area contributed by atoms with Crippen molar-refractivity contribution in [3.63, 3.8) is 0 Å². The van der Waals surface area contributed by atoms with E-state index in [1.54, 1.807) is 24.3 Å². The van der Waals surface area contributed by atoms with Crippen LogP contribution in [0.2, 0.25) is 0 Å². The van der Waals surface area contributed by atoms with Crippen molar-refractivity contribution in [1.82, 2.24) is 0 Å². The van der Waals surface area contributed by atoms with Crippen molar-refractivity contribution in [3.8, 4) is 0 Å². The Balaban J connectivity index is 2.06. The highest BCUT2D eigenvalue weighted by Gasteiger charge is 2.20. The number of carboxylic acids is 1. The predicted molar refractivity (Wildman–Crippen MR) is 96.5 cm³/mol. The van der Waals surface area contributed by atoms with E-state index in [0.29, 0.717) is 18.8 Å². The molecular formula is C20H20FNO3. The zero-order valence-corrected chi connectivity index (χ0v) is 14.0. The molecule has 0 aromatic heterocycles. The van der Waals surface area contributed by atoms with Gasteiger partial charge < -0.3 is 14.7 Å². The van der Waals surface area contributed by atoms with Gasteiger partial charge in [0.05, 0.1) is 18.8 Å². The molecule has 0 atom stereocenters. The average molecular weight is 341 g/mol. The third kappa shape index (κ3) is 3.88. The standard InChI is InChI=1S/C20H20FNO3/c1-14-2-8-18(20(23)24)17(19(14)22-10-12-25-13-11-22)9-5-15-3-6-16(21)7-4-15/h2-9H,10-13H2,1H3,(H,23,24). The Hall–Kier alpha value is -2.66. The van der Waals surface area contributed by atoms with Crippen LogP contribution in [0.4, 0.5) is 10.1 Å². The molecule has 5 heteroatoms. The predicted octanol–water partition coefficient (Wildman–Crippen LogP) is 3.84. The van der Waals surface area contributed by atoms with Crippen LogP contribution in [0.3, 0.4) is 0 Å². The molecule has 2 aromatic rings. The summed E-state index contributed by atoms with van der Waals surface area (Å²) in [6.07, 6.45) is 3.61. The maximum Gasteiger partial charge on any atom is 0.336 e. The van der Waals surface area contributed by atoms with E-state index in [2.05, 4.69) is 4.90 Å². The summed E-state index contributed by atoms with van der Waals surface area (Å²) in [7, 11) is 0. The minimum absolute atomic E-state index is 0.255. The van der Waals surface area contributed by atoms with Gasteiger partial charge in [-0.05, 0) is 36.2 Å². The zero-order chi connectivity index (χ0) is 17.8. The molecule has 0 bridgehead atoms. The van der Waals surface area contributed by atoms with Gasteiger partial charge in [-0.25, -0.2) is 9.18 Å². The molecule has 0 spiro atoms. The molecule has 0 saturated carbocycles. The third-order valence-corrected chi connectivity index (χ3v) is 4.29. The number of carboxylic acid groups (broad SMARTS) is 1. The Morgan fingerprint density at radius 3 is 2.44 bits per heavy atom. The first-order chi connectivity index (χ1) is 12.1. The second kappa shape index (κ2) is 7.49. The summed E-state index contributed by atoms with van der Waals surface area (Å²) in [6, 6.07) is 9.57. The highest BCUT2D eigenvalue weighted by Crippen LogP contribution is 2.31. The molecule has 1 fully saturated rings. The average Bonchev–Trinajstić information content (AvgIpc) is 2.61. The maximum atomic E-state index is 13.1. The van der Waals surface area contributed by atoms with E-state index < -0.39 is 5.97 Å². The number of hydrogen-bond acceptors (Lipinski definition) is 3. The largest absolute Gasteiger partial charge is 0.478 e. The summed E-state index contributed by atoms with van der Waals surface area (Å²) in [5, 5.41) is 9.59. The second-order valence-corrected chi connectivity index (χ2v) is 5.98. The minimum atomic E-state index is -0.965. The fourth-order valence-electron chi connectivity index (χ4n) is 3.03. The lowest BCUT2D eigenvalue weighted by atomic mass is 9.98. The van der Waals surface area contributed by atoms with Gasteiger partial charge in [0, 0.05) is 24.3 Å². The molecule has 25 heavy (non-hydrogen) atoms. The van der Waals surface area contributed by atoms with Crippen molar-refractivity contribution in [1.29, 1.82) is 0 Å². The minimum Gasteiger partial charge on any atom is -0.478 e. The van der Waals surface area contributed by atoms with Gasteiger partial charge in [-0.1, -0.05) is 30.4 Å². The monoisotopic (exact) mass is 341 g/mol. The molecule has 1 aliphatic heterocycles. The van der Waals surface area contributed by atoms with Crippen LogP contribution < -0.4 is 4.90 Å².